The lowest BCUT2D eigenvalue weighted by Crippen LogP contribution is -2.32. The number of carbonyl (C=O) groups is 1. The number of carbonyl (C=O) groups excluding carboxylic acids is 1. The minimum absolute atomic E-state index is 0.118. The zero-order chi connectivity index (χ0) is 21.4. The number of benzene rings is 2. The summed E-state index contributed by atoms with van der Waals surface area (Å²) in [5.74, 6) is 0.520. The van der Waals surface area contributed by atoms with Crippen LogP contribution in [0.2, 0.25) is 0 Å². The van der Waals surface area contributed by atoms with Crippen molar-refractivity contribution < 1.29 is 17.9 Å². The molecule has 0 saturated heterocycles. The number of hydrogen-bond donors (Lipinski definition) is 2. The molecule has 0 fully saturated rings. The Morgan fingerprint density at radius 2 is 1.72 bits per heavy atom. The second-order valence-electron chi connectivity index (χ2n) is 7.37. The van der Waals surface area contributed by atoms with E-state index >= 15 is 0 Å². The predicted molar refractivity (Wildman–Crippen MR) is 115 cm³/mol. The monoisotopic (exact) mass is 418 g/mol. The Kier molecular flexibility index (Phi) is 8.22. The van der Waals surface area contributed by atoms with Crippen LogP contribution in [0.4, 0.5) is 0 Å². The summed E-state index contributed by atoms with van der Waals surface area (Å²) in [7, 11) is -3.43. The van der Waals surface area contributed by atoms with Gasteiger partial charge in [-0.05, 0) is 56.0 Å². The Hall–Kier alpha value is -2.38. The van der Waals surface area contributed by atoms with Crippen LogP contribution in [0.25, 0.3) is 0 Å². The number of aryl methyl sites for hydroxylation is 1. The zero-order valence-corrected chi connectivity index (χ0v) is 18.3. The quantitative estimate of drug-likeness (QED) is 0.620. The number of amides is 1. The number of nitrogens with one attached hydrogen (secondary N) is 2. The molecule has 6 nitrogen and oxygen atoms in total. The molecule has 158 valence electrons. The maximum Gasteiger partial charge on any atom is 0.223 e. The topological polar surface area (TPSA) is 84.5 Å². The van der Waals surface area contributed by atoms with Gasteiger partial charge in [-0.25, -0.2) is 13.1 Å². The van der Waals surface area contributed by atoms with Crippen molar-refractivity contribution in [2.75, 3.05) is 6.61 Å². The van der Waals surface area contributed by atoms with Crippen molar-refractivity contribution in [3.05, 3.63) is 64.7 Å². The van der Waals surface area contributed by atoms with E-state index in [1.165, 1.54) is 0 Å². The van der Waals surface area contributed by atoms with Crippen LogP contribution in [-0.4, -0.2) is 27.0 Å². The first kappa shape index (κ1) is 22.9. The van der Waals surface area contributed by atoms with Crippen LogP contribution in [0, 0.1) is 13.8 Å². The molecule has 0 saturated carbocycles. The molecule has 0 unspecified atom stereocenters. The van der Waals surface area contributed by atoms with Gasteiger partial charge in [0.25, 0.3) is 0 Å². The highest BCUT2D eigenvalue weighted by atomic mass is 32.2. The number of sulfonamides is 1. The molecule has 7 heteroatoms. The molecule has 29 heavy (non-hydrogen) atoms. The fourth-order valence-corrected chi connectivity index (χ4v) is 4.39. The van der Waals surface area contributed by atoms with Crippen molar-refractivity contribution in [2.45, 2.75) is 52.5 Å². The minimum Gasteiger partial charge on any atom is -0.493 e. The average Bonchev–Trinajstić information content (AvgIpc) is 2.63. The normalized spacial score (nSPS) is 11.5. The second-order valence-corrected chi connectivity index (χ2v) is 9.13. The zero-order valence-electron chi connectivity index (χ0n) is 17.5. The summed E-state index contributed by atoms with van der Waals surface area (Å²) in [6, 6.07) is 12.9. The maximum atomic E-state index is 12.2. The summed E-state index contributed by atoms with van der Waals surface area (Å²) < 4.78 is 32.7. The van der Waals surface area contributed by atoms with Crippen molar-refractivity contribution >= 4 is 15.9 Å². The standard InChI is InChI=1S/C22H30N2O4S/c1-16(2)24-29(26,27)15-20-10-6-5-9-19(20)14-23-22(25)12-13-28-21-11-7-8-17(3)18(21)4/h5-11,16,24H,12-15H2,1-4H3,(H,23,25). The van der Waals surface area contributed by atoms with E-state index in [2.05, 4.69) is 10.0 Å². The first-order valence-corrected chi connectivity index (χ1v) is 11.4. The average molecular weight is 419 g/mol. The Balaban J connectivity index is 1.88. The van der Waals surface area contributed by atoms with Gasteiger partial charge in [0, 0.05) is 12.6 Å². The third kappa shape index (κ3) is 7.51. The van der Waals surface area contributed by atoms with E-state index in [0.717, 1.165) is 22.4 Å². The Labute approximate surface area is 173 Å². The molecular formula is C22H30N2O4S. The molecule has 2 aromatic carbocycles. The smallest absolute Gasteiger partial charge is 0.223 e. The number of hydrogen-bond acceptors (Lipinski definition) is 4. The van der Waals surface area contributed by atoms with E-state index in [4.69, 9.17) is 4.74 Å². The molecule has 0 spiro atoms. The molecule has 0 heterocycles. The van der Waals surface area contributed by atoms with Crippen molar-refractivity contribution in [1.82, 2.24) is 10.0 Å². The summed E-state index contributed by atoms with van der Waals surface area (Å²) in [6.45, 7) is 8.13. The molecule has 2 aromatic rings. The minimum atomic E-state index is -3.43. The fraction of sp³-hybridized carbons (Fsp3) is 0.409. The van der Waals surface area contributed by atoms with E-state index in [9.17, 15) is 13.2 Å². The van der Waals surface area contributed by atoms with Crippen LogP contribution in [0.5, 0.6) is 5.75 Å². The molecule has 2 N–H and O–H groups in total. The molecule has 0 atom stereocenters. The van der Waals surface area contributed by atoms with Crippen LogP contribution in [0.3, 0.4) is 0 Å². The highest BCUT2D eigenvalue weighted by Crippen LogP contribution is 2.20. The van der Waals surface area contributed by atoms with Gasteiger partial charge in [-0.1, -0.05) is 36.4 Å². The molecular weight excluding hydrogens is 388 g/mol. The van der Waals surface area contributed by atoms with Gasteiger partial charge in [0.2, 0.25) is 15.9 Å². The SMILES string of the molecule is Cc1cccc(OCCC(=O)NCc2ccccc2CS(=O)(=O)NC(C)C)c1C. The number of rotatable bonds is 10. The first-order valence-electron chi connectivity index (χ1n) is 9.70. The Morgan fingerprint density at radius 3 is 2.41 bits per heavy atom. The highest BCUT2D eigenvalue weighted by Gasteiger charge is 2.15. The van der Waals surface area contributed by atoms with E-state index in [0.29, 0.717) is 5.56 Å². The van der Waals surface area contributed by atoms with E-state index in [1.54, 1.807) is 26.0 Å². The summed E-state index contributed by atoms with van der Waals surface area (Å²) in [4.78, 5) is 12.2. The lowest BCUT2D eigenvalue weighted by Gasteiger charge is -2.14. The third-order valence-corrected chi connectivity index (χ3v) is 6.02. The number of ether oxygens (including phenoxy) is 1. The van der Waals surface area contributed by atoms with Crippen LogP contribution >= 0.6 is 0 Å². The van der Waals surface area contributed by atoms with Gasteiger partial charge in [-0.3, -0.25) is 4.79 Å². The van der Waals surface area contributed by atoms with Gasteiger partial charge in [0.1, 0.15) is 5.75 Å². The van der Waals surface area contributed by atoms with E-state index < -0.39 is 10.0 Å². The molecule has 0 radical (unpaired) electrons. The van der Waals surface area contributed by atoms with Crippen LogP contribution in [0.15, 0.2) is 42.5 Å². The summed E-state index contributed by atoms with van der Waals surface area (Å²) in [6.07, 6.45) is 0.225. The third-order valence-electron chi connectivity index (χ3n) is 4.50. The second kappa shape index (κ2) is 10.4. The van der Waals surface area contributed by atoms with Crippen LogP contribution in [-0.2, 0) is 27.1 Å². The van der Waals surface area contributed by atoms with Crippen molar-refractivity contribution in [2.24, 2.45) is 0 Å². The van der Waals surface area contributed by atoms with Gasteiger partial charge in [-0.15, -0.1) is 0 Å². The molecule has 0 aromatic heterocycles. The van der Waals surface area contributed by atoms with E-state index in [1.807, 2.05) is 44.2 Å². The van der Waals surface area contributed by atoms with Gasteiger partial charge >= 0.3 is 0 Å². The van der Waals surface area contributed by atoms with E-state index in [-0.39, 0.29) is 37.3 Å². The van der Waals surface area contributed by atoms with Gasteiger partial charge in [0.05, 0.1) is 18.8 Å². The predicted octanol–water partition coefficient (Wildman–Crippen LogP) is 3.22. The Bertz CT molecular complexity index is 940. The van der Waals surface area contributed by atoms with Crippen LogP contribution in [0.1, 0.15) is 42.5 Å². The molecule has 0 aliphatic carbocycles. The first-order chi connectivity index (χ1) is 13.7. The molecule has 2 rings (SSSR count). The maximum absolute atomic E-state index is 12.2. The van der Waals surface area contributed by atoms with Crippen LogP contribution < -0.4 is 14.8 Å². The molecule has 0 bridgehead atoms. The van der Waals surface area contributed by atoms with Gasteiger partial charge in [0.15, 0.2) is 0 Å². The summed E-state index contributed by atoms with van der Waals surface area (Å²) >= 11 is 0. The summed E-state index contributed by atoms with van der Waals surface area (Å²) in [5.41, 5.74) is 3.67. The van der Waals surface area contributed by atoms with Gasteiger partial charge < -0.3 is 10.1 Å². The van der Waals surface area contributed by atoms with Gasteiger partial charge in [-0.2, -0.15) is 0 Å². The fourth-order valence-electron chi connectivity index (χ4n) is 2.89. The molecule has 1 amide bonds. The van der Waals surface area contributed by atoms with Crippen molar-refractivity contribution in [1.29, 1.82) is 0 Å². The van der Waals surface area contributed by atoms with Crippen molar-refractivity contribution in [3.8, 4) is 5.75 Å². The molecule has 0 aliphatic rings. The van der Waals surface area contributed by atoms with Crippen molar-refractivity contribution in [3.63, 3.8) is 0 Å². The lowest BCUT2D eigenvalue weighted by molar-refractivity contribution is -0.121. The summed E-state index contributed by atoms with van der Waals surface area (Å²) in [5, 5.41) is 2.84. The molecule has 0 aliphatic heterocycles. The lowest BCUT2D eigenvalue weighted by atomic mass is 10.1. The largest absolute Gasteiger partial charge is 0.493 e. The highest BCUT2D eigenvalue weighted by molar-refractivity contribution is 7.88. The Morgan fingerprint density at radius 1 is 1.03 bits per heavy atom.